The molecule has 0 saturated heterocycles. The molecule has 1 aliphatic heterocycles. The van der Waals surface area contributed by atoms with Gasteiger partial charge in [0.1, 0.15) is 10.8 Å². The summed E-state index contributed by atoms with van der Waals surface area (Å²) in [6.07, 6.45) is 0. The molecule has 0 atom stereocenters. The van der Waals surface area contributed by atoms with E-state index in [1.807, 2.05) is 6.92 Å². The molecule has 1 aromatic carbocycles. The fourth-order valence-corrected chi connectivity index (χ4v) is 3.66. The summed E-state index contributed by atoms with van der Waals surface area (Å²) in [5, 5.41) is 9.37. The van der Waals surface area contributed by atoms with Gasteiger partial charge in [-0.05, 0) is 13.0 Å². The van der Waals surface area contributed by atoms with E-state index in [-0.39, 0.29) is 48.5 Å². The van der Waals surface area contributed by atoms with E-state index in [9.17, 15) is 8.78 Å². The Balaban J connectivity index is 0.00000341. The number of rotatable bonds is 7. The molecule has 2 heterocycles. The molecule has 0 radical (unpaired) electrons. The Morgan fingerprint density at radius 2 is 1.97 bits per heavy atom. The summed E-state index contributed by atoms with van der Waals surface area (Å²) in [5.41, 5.74) is 1.51. The monoisotopic (exact) mass is 568 g/mol. The van der Waals surface area contributed by atoms with Gasteiger partial charge >= 0.3 is 6.61 Å². The van der Waals surface area contributed by atoms with Crippen molar-refractivity contribution >= 4 is 41.3 Å². The van der Waals surface area contributed by atoms with Crippen LogP contribution in [0.2, 0.25) is 0 Å². The second kappa shape index (κ2) is 11.1. The summed E-state index contributed by atoms with van der Waals surface area (Å²) in [6, 6.07) is 3.02. The van der Waals surface area contributed by atoms with Crippen LogP contribution >= 0.6 is 35.3 Å². The van der Waals surface area contributed by atoms with Crippen molar-refractivity contribution in [2.24, 2.45) is 4.99 Å². The molecular formula is C20H27F2IN4O3S. The highest BCUT2D eigenvalue weighted by atomic mass is 127. The van der Waals surface area contributed by atoms with Gasteiger partial charge in [-0.25, -0.2) is 9.98 Å². The highest BCUT2D eigenvalue weighted by molar-refractivity contribution is 14.0. The number of guanidine groups is 1. The average molecular weight is 568 g/mol. The number of aliphatic imine (C=N–C) groups is 1. The van der Waals surface area contributed by atoms with E-state index in [0.717, 1.165) is 10.7 Å². The number of hydrogen-bond donors (Lipinski definition) is 2. The van der Waals surface area contributed by atoms with E-state index in [2.05, 4.69) is 51.5 Å². The zero-order chi connectivity index (χ0) is 21.7. The van der Waals surface area contributed by atoms with Gasteiger partial charge in [0.05, 0.1) is 18.8 Å². The zero-order valence-electron chi connectivity index (χ0n) is 17.8. The van der Waals surface area contributed by atoms with Gasteiger partial charge in [0.15, 0.2) is 17.5 Å². The molecule has 1 aromatic heterocycles. The van der Waals surface area contributed by atoms with Crippen LogP contribution in [0.5, 0.6) is 17.2 Å². The van der Waals surface area contributed by atoms with Crippen LogP contribution in [0.4, 0.5) is 8.78 Å². The van der Waals surface area contributed by atoms with Crippen molar-refractivity contribution in [3.05, 3.63) is 33.8 Å². The number of ether oxygens (including phenoxy) is 3. The Labute approximate surface area is 201 Å². The van der Waals surface area contributed by atoms with Crippen LogP contribution in [0.3, 0.4) is 0 Å². The maximum Gasteiger partial charge on any atom is 0.387 e. The van der Waals surface area contributed by atoms with Crippen LogP contribution in [0.25, 0.3) is 0 Å². The Bertz CT molecular complexity index is 903. The van der Waals surface area contributed by atoms with Crippen LogP contribution in [0, 0.1) is 0 Å². The van der Waals surface area contributed by atoms with Crippen molar-refractivity contribution in [2.45, 2.75) is 52.8 Å². The van der Waals surface area contributed by atoms with Gasteiger partial charge in [-0.2, -0.15) is 8.78 Å². The second-order valence-corrected chi connectivity index (χ2v) is 8.56. The molecule has 0 fully saturated rings. The normalized spacial score (nSPS) is 13.2. The SMILES string of the molecule is CCNC(=NCc1cc2c(cc1OC(F)F)OCO2)NCc1nc(C(C)(C)C)cs1.I. The van der Waals surface area contributed by atoms with Gasteiger partial charge in [-0.15, -0.1) is 35.3 Å². The van der Waals surface area contributed by atoms with Crippen molar-refractivity contribution < 1.29 is 23.0 Å². The number of halogens is 3. The van der Waals surface area contributed by atoms with Gasteiger partial charge < -0.3 is 24.8 Å². The summed E-state index contributed by atoms with van der Waals surface area (Å²) in [6.45, 7) is 6.70. The van der Waals surface area contributed by atoms with Crippen LogP contribution in [0.1, 0.15) is 44.0 Å². The molecule has 2 aromatic rings. The molecule has 0 saturated carbocycles. The summed E-state index contributed by atoms with van der Waals surface area (Å²) < 4.78 is 40.8. The molecule has 31 heavy (non-hydrogen) atoms. The van der Waals surface area contributed by atoms with Crippen molar-refractivity contribution in [3.63, 3.8) is 0 Å². The number of thiazole rings is 1. The van der Waals surface area contributed by atoms with Crippen LogP contribution in [-0.2, 0) is 18.5 Å². The van der Waals surface area contributed by atoms with Crippen LogP contribution in [0.15, 0.2) is 22.5 Å². The third-order valence-corrected chi connectivity index (χ3v) is 5.10. The lowest BCUT2D eigenvalue weighted by molar-refractivity contribution is -0.0505. The van der Waals surface area contributed by atoms with E-state index in [1.54, 1.807) is 17.4 Å². The highest BCUT2D eigenvalue weighted by Gasteiger charge is 2.20. The fraction of sp³-hybridized carbons (Fsp3) is 0.500. The molecule has 11 heteroatoms. The Morgan fingerprint density at radius 1 is 1.26 bits per heavy atom. The highest BCUT2D eigenvalue weighted by Crippen LogP contribution is 2.39. The quantitative estimate of drug-likeness (QED) is 0.288. The number of nitrogens with one attached hydrogen (secondary N) is 2. The van der Waals surface area contributed by atoms with E-state index >= 15 is 0 Å². The molecule has 0 unspecified atom stereocenters. The summed E-state index contributed by atoms with van der Waals surface area (Å²) in [5.74, 6) is 1.42. The first-order chi connectivity index (χ1) is 14.3. The molecule has 0 amide bonds. The van der Waals surface area contributed by atoms with E-state index < -0.39 is 6.61 Å². The predicted molar refractivity (Wildman–Crippen MR) is 127 cm³/mol. The smallest absolute Gasteiger partial charge is 0.387 e. The minimum atomic E-state index is -2.94. The summed E-state index contributed by atoms with van der Waals surface area (Å²) in [4.78, 5) is 9.16. The number of fused-ring (bicyclic) bond motifs is 1. The van der Waals surface area contributed by atoms with E-state index in [1.165, 1.54) is 6.07 Å². The Morgan fingerprint density at radius 3 is 2.58 bits per heavy atom. The summed E-state index contributed by atoms with van der Waals surface area (Å²) >= 11 is 1.58. The number of alkyl halides is 2. The fourth-order valence-electron chi connectivity index (χ4n) is 2.70. The molecule has 1 aliphatic rings. The summed E-state index contributed by atoms with van der Waals surface area (Å²) in [7, 11) is 0. The zero-order valence-corrected chi connectivity index (χ0v) is 21.0. The van der Waals surface area contributed by atoms with E-state index in [0.29, 0.717) is 36.1 Å². The van der Waals surface area contributed by atoms with Gasteiger partial charge in [-0.3, -0.25) is 0 Å². The molecule has 0 bridgehead atoms. The van der Waals surface area contributed by atoms with Crippen LogP contribution in [-0.4, -0.2) is 30.9 Å². The third kappa shape index (κ3) is 7.06. The first-order valence-electron chi connectivity index (χ1n) is 9.60. The van der Waals surface area contributed by atoms with Gasteiger partial charge in [0.25, 0.3) is 0 Å². The lowest BCUT2D eigenvalue weighted by Gasteiger charge is -2.14. The third-order valence-electron chi connectivity index (χ3n) is 4.25. The van der Waals surface area contributed by atoms with Gasteiger partial charge in [0, 0.05) is 29.0 Å². The largest absolute Gasteiger partial charge is 0.454 e. The van der Waals surface area contributed by atoms with Crippen molar-refractivity contribution in [1.82, 2.24) is 15.6 Å². The standard InChI is InChI=1S/C20H26F2N4O3S.HI/c1-5-23-19(25-9-17-26-16(10-30-17)20(2,3)4)24-8-12-6-14-15(28-11-27-14)7-13(12)29-18(21)22;/h6-7,10,18H,5,8-9,11H2,1-4H3,(H2,23,24,25);1H. The molecule has 0 spiro atoms. The topological polar surface area (TPSA) is 77.0 Å². The molecule has 0 aliphatic carbocycles. The van der Waals surface area contributed by atoms with Crippen molar-refractivity contribution in [1.29, 1.82) is 0 Å². The van der Waals surface area contributed by atoms with Gasteiger partial charge in [0.2, 0.25) is 6.79 Å². The number of hydrogen-bond acceptors (Lipinski definition) is 6. The van der Waals surface area contributed by atoms with Crippen molar-refractivity contribution in [3.8, 4) is 17.2 Å². The molecule has 2 N–H and O–H groups in total. The average Bonchev–Trinajstić information content (AvgIpc) is 3.32. The van der Waals surface area contributed by atoms with Crippen LogP contribution < -0.4 is 24.8 Å². The predicted octanol–water partition coefficient (Wildman–Crippen LogP) is 4.64. The minimum absolute atomic E-state index is 0. The molecule has 172 valence electrons. The lowest BCUT2D eigenvalue weighted by Crippen LogP contribution is -2.36. The molecular weight excluding hydrogens is 541 g/mol. The molecule has 7 nitrogen and oxygen atoms in total. The number of nitrogens with zero attached hydrogens (tertiary/aromatic N) is 2. The Kier molecular flexibility index (Phi) is 9.10. The minimum Gasteiger partial charge on any atom is -0.454 e. The molecule has 3 rings (SSSR count). The Hall–Kier alpha value is -1.89. The second-order valence-electron chi connectivity index (χ2n) is 7.62. The number of benzene rings is 1. The van der Waals surface area contributed by atoms with Gasteiger partial charge in [-0.1, -0.05) is 20.8 Å². The number of aromatic nitrogens is 1. The maximum absolute atomic E-state index is 12.8. The first-order valence-corrected chi connectivity index (χ1v) is 10.5. The van der Waals surface area contributed by atoms with E-state index in [4.69, 9.17) is 9.47 Å². The maximum atomic E-state index is 12.8. The van der Waals surface area contributed by atoms with Crippen molar-refractivity contribution in [2.75, 3.05) is 13.3 Å². The lowest BCUT2D eigenvalue weighted by atomic mass is 9.93. The first kappa shape index (κ1) is 25.4.